The SMILES string of the molecule is CC(C)(C)c1c2cc(-c3ccc(C4Nc5ccccc5O4)cc3)ccc2c(C(C)(C)C)c2c1ccc1cccnc12. The fraction of sp³-hybridized carbons (Fsp3) is 0.237. The minimum atomic E-state index is -0.172. The van der Waals surface area contributed by atoms with Crippen molar-refractivity contribution >= 4 is 38.1 Å². The number of fused-ring (bicyclic) bond motifs is 5. The molecule has 2 heterocycles. The van der Waals surface area contributed by atoms with Gasteiger partial charge in [0.05, 0.1) is 11.2 Å². The molecule has 7 rings (SSSR count). The molecule has 0 bridgehead atoms. The van der Waals surface area contributed by atoms with Gasteiger partial charge in [-0.25, -0.2) is 0 Å². The van der Waals surface area contributed by atoms with Crippen molar-refractivity contribution in [3.05, 3.63) is 114 Å². The van der Waals surface area contributed by atoms with Gasteiger partial charge in [0.15, 0.2) is 6.23 Å². The van der Waals surface area contributed by atoms with Gasteiger partial charge in [-0.2, -0.15) is 0 Å². The fourth-order valence-electron chi connectivity index (χ4n) is 6.61. The van der Waals surface area contributed by atoms with Crippen LogP contribution < -0.4 is 10.1 Å². The summed E-state index contributed by atoms with van der Waals surface area (Å²) in [6.07, 6.45) is 1.75. The molecule has 1 aromatic heterocycles. The lowest BCUT2D eigenvalue weighted by molar-refractivity contribution is 0.260. The summed E-state index contributed by atoms with van der Waals surface area (Å²) >= 11 is 0. The van der Waals surface area contributed by atoms with E-state index in [9.17, 15) is 0 Å². The van der Waals surface area contributed by atoms with Gasteiger partial charge in [0, 0.05) is 22.5 Å². The standard InChI is InChI=1S/C38H36N2O/c1-37(2,3)33-28-20-17-24-10-9-21-39-35(24)32(28)34(38(4,5)6)27-19-18-26(22-29(27)33)23-13-15-25(16-14-23)36-40-30-11-7-8-12-31(30)41-36/h7-22,36,40H,1-6H3. The summed E-state index contributed by atoms with van der Waals surface area (Å²) in [4.78, 5) is 4.92. The molecule has 41 heavy (non-hydrogen) atoms. The minimum Gasteiger partial charge on any atom is -0.464 e. The van der Waals surface area contributed by atoms with Crippen LogP contribution in [0.4, 0.5) is 5.69 Å². The zero-order valence-electron chi connectivity index (χ0n) is 24.7. The monoisotopic (exact) mass is 536 g/mol. The summed E-state index contributed by atoms with van der Waals surface area (Å²) in [6, 6.07) is 32.7. The summed E-state index contributed by atoms with van der Waals surface area (Å²) in [6.45, 7) is 14.0. The normalized spacial score (nSPS) is 15.2. The van der Waals surface area contributed by atoms with E-state index in [1.807, 2.05) is 30.5 Å². The summed E-state index contributed by atoms with van der Waals surface area (Å²) in [7, 11) is 0. The maximum atomic E-state index is 6.15. The first-order valence-corrected chi connectivity index (χ1v) is 14.5. The van der Waals surface area contributed by atoms with Crippen LogP contribution in [0.15, 0.2) is 97.2 Å². The Labute approximate surface area is 242 Å². The van der Waals surface area contributed by atoms with Crippen molar-refractivity contribution in [2.45, 2.75) is 58.6 Å². The fourth-order valence-corrected chi connectivity index (χ4v) is 6.61. The lowest BCUT2D eigenvalue weighted by atomic mass is 9.73. The molecule has 3 nitrogen and oxygen atoms in total. The van der Waals surface area contributed by atoms with Crippen LogP contribution in [-0.4, -0.2) is 4.98 Å². The van der Waals surface area contributed by atoms with Crippen molar-refractivity contribution in [1.29, 1.82) is 0 Å². The van der Waals surface area contributed by atoms with Crippen molar-refractivity contribution in [3.8, 4) is 16.9 Å². The van der Waals surface area contributed by atoms with Crippen molar-refractivity contribution in [1.82, 2.24) is 4.98 Å². The molecule has 0 spiro atoms. The summed E-state index contributed by atoms with van der Waals surface area (Å²) in [5.74, 6) is 0.899. The Hall–Kier alpha value is -4.37. The lowest BCUT2D eigenvalue weighted by Crippen LogP contribution is -2.18. The number of benzene rings is 5. The third kappa shape index (κ3) is 4.23. The van der Waals surface area contributed by atoms with Crippen molar-refractivity contribution in [2.24, 2.45) is 0 Å². The van der Waals surface area contributed by atoms with E-state index in [4.69, 9.17) is 9.72 Å². The topological polar surface area (TPSA) is 34.1 Å². The van der Waals surface area contributed by atoms with Gasteiger partial charge in [-0.05, 0) is 73.5 Å². The average molecular weight is 537 g/mol. The second-order valence-corrected chi connectivity index (χ2v) is 13.3. The Kier molecular flexibility index (Phi) is 5.66. The van der Waals surface area contributed by atoms with Crippen LogP contribution in [0.5, 0.6) is 5.75 Å². The molecule has 1 aliphatic rings. The number of anilines is 1. The van der Waals surface area contributed by atoms with Gasteiger partial charge in [-0.3, -0.25) is 4.98 Å². The van der Waals surface area contributed by atoms with Gasteiger partial charge in [-0.1, -0.05) is 108 Å². The maximum absolute atomic E-state index is 6.15. The summed E-state index contributed by atoms with van der Waals surface area (Å²) < 4.78 is 6.15. The lowest BCUT2D eigenvalue weighted by Gasteiger charge is -2.31. The molecule has 0 amide bonds. The first-order valence-electron chi connectivity index (χ1n) is 14.5. The van der Waals surface area contributed by atoms with Gasteiger partial charge in [0.1, 0.15) is 5.75 Å². The first-order chi connectivity index (χ1) is 19.6. The van der Waals surface area contributed by atoms with E-state index in [1.54, 1.807) is 0 Å². The number of hydrogen-bond acceptors (Lipinski definition) is 3. The number of pyridine rings is 1. The largest absolute Gasteiger partial charge is 0.464 e. The number of ether oxygens (including phenoxy) is 1. The van der Waals surface area contributed by atoms with Crippen molar-refractivity contribution in [3.63, 3.8) is 0 Å². The predicted octanol–water partition coefficient (Wildman–Crippen LogP) is 10.3. The van der Waals surface area contributed by atoms with E-state index >= 15 is 0 Å². The molecule has 6 aromatic rings. The van der Waals surface area contributed by atoms with Crippen molar-refractivity contribution in [2.75, 3.05) is 5.32 Å². The van der Waals surface area contributed by atoms with Crippen LogP contribution in [-0.2, 0) is 10.8 Å². The Morgan fingerprint density at radius 1 is 0.659 bits per heavy atom. The number of para-hydroxylation sites is 2. The second kappa shape index (κ2) is 9.07. The third-order valence-corrected chi connectivity index (χ3v) is 8.32. The van der Waals surface area contributed by atoms with Crippen molar-refractivity contribution < 1.29 is 4.74 Å². The predicted molar refractivity (Wildman–Crippen MR) is 173 cm³/mol. The molecule has 1 N–H and O–H groups in total. The highest BCUT2D eigenvalue weighted by molar-refractivity contribution is 6.16. The van der Waals surface area contributed by atoms with E-state index in [1.165, 1.54) is 49.2 Å². The van der Waals surface area contributed by atoms with E-state index in [-0.39, 0.29) is 17.1 Å². The highest BCUT2D eigenvalue weighted by Gasteiger charge is 2.29. The summed E-state index contributed by atoms with van der Waals surface area (Å²) in [5, 5.41) is 9.89. The first kappa shape index (κ1) is 25.6. The van der Waals surface area contributed by atoms with Crippen LogP contribution in [0, 0.1) is 0 Å². The molecule has 204 valence electrons. The zero-order valence-corrected chi connectivity index (χ0v) is 24.7. The molecule has 3 heteroatoms. The van der Waals surface area contributed by atoms with E-state index in [0.717, 1.165) is 22.5 Å². The highest BCUT2D eigenvalue weighted by Crippen LogP contribution is 2.46. The molecular formula is C38H36N2O. The molecular weight excluding hydrogens is 500 g/mol. The quantitative estimate of drug-likeness (QED) is 0.177. The maximum Gasteiger partial charge on any atom is 0.196 e. The summed E-state index contributed by atoms with van der Waals surface area (Å²) in [5.41, 5.74) is 8.28. The third-order valence-electron chi connectivity index (χ3n) is 8.32. The number of hydrogen-bond donors (Lipinski definition) is 1. The van der Waals surface area contributed by atoms with Gasteiger partial charge in [0.25, 0.3) is 0 Å². The van der Waals surface area contributed by atoms with Gasteiger partial charge in [0.2, 0.25) is 0 Å². The number of aromatic nitrogens is 1. The average Bonchev–Trinajstić information content (AvgIpc) is 3.39. The molecule has 0 radical (unpaired) electrons. The van der Waals surface area contributed by atoms with E-state index < -0.39 is 0 Å². The molecule has 0 saturated carbocycles. The molecule has 1 atom stereocenters. The van der Waals surface area contributed by atoms with Gasteiger partial charge >= 0.3 is 0 Å². The van der Waals surface area contributed by atoms with Crippen LogP contribution in [0.2, 0.25) is 0 Å². The molecule has 0 fully saturated rings. The van der Waals surface area contributed by atoms with Crippen LogP contribution in [0.25, 0.3) is 43.6 Å². The zero-order chi connectivity index (χ0) is 28.5. The molecule has 0 saturated heterocycles. The number of rotatable bonds is 2. The number of nitrogens with zero attached hydrogens (tertiary/aromatic N) is 1. The van der Waals surface area contributed by atoms with Crippen LogP contribution in [0.3, 0.4) is 0 Å². The Bertz CT molecular complexity index is 1930. The van der Waals surface area contributed by atoms with E-state index in [0.29, 0.717) is 0 Å². The molecule has 1 aliphatic heterocycles. The van der Waals surface area contributed by atoms with Crippen LogP contribution in [0.1, 0.15) is 64.5 Å². The Balaban J connectivity index is 1.42. The minimum absolute atomic E-state index is 0.0572. The van der Waals surface area contributed by atoms with Gasteiger partial charge in [-0.15, -0.1) is 0 Å². The molecule has 5 aromatic carbocycles. The smallest absolute Gasteiger partial charge is 0.196 e. The highest BCUT2D eigenvalue weighted by atomic mass is 16.5. The Morgan fingerprint density at radius 2 is 1.37 bits per heavy atom. The van der Waals surface area contributed by atoms with Crippen LogP contribution >= 0.6 is 0 Å². The van der Waals surface area contributed by atoms with E-state index in [2.05, 4.69) is 114 Å². The molecule has 0 aliphatic carbocycles. The second-order valence-electron chi connectivity index (χ2n) is 13.3. The molecule has 1 unspecified atom stereocenters. The number of nitrogens with one attached hydrogen (secondary N) is 1. The van der Waals surface area contributed by atoms with Gasteiger partial charge < -0.3 is 10.1 Å². The Morgan fingerprint density at radius 3 is 2.10 bits per heavy atom.